The molecule has 0 saturated heterocycles. The molecule has 0 aliphatic rings. The second kappa shape index (κ2) is 13.2. The molecule has 0 radical (unpaired) electrons. The van der Waals surface area contributed by atoms with Crippen molar-refractivity contribution in [2.24, 2.45) is 0 Å². The first kappa shape index (κ1) is 28.8. The number of rotatable bonds is 12. The molecule has 0 amide bonds. The average Bonchev–Trinajstić information content (AvgIpc) is 3.27. The van der Waals surface area contributed by atoms with Crippen molar-refractivity contribution in [2.75, 3.05) is 36.6 Å². The molecule has 1 aromatic heterocycles. The first-order valence-electron chi connectivity index (χ1n) is 12.2. The van der Waals surface area contributed by atoms with Gasteiger partial charge in [0, 0.05) is 29.4 Å². The number of hydrogen-bond acceptors (Lipinski definition) is 7. The maximum absolute atomic E-state index is 9.93. The van der Waals surface area contributed by atoms with Gasteiger partial charge in [0.05, 0.1) is 26.9 Å². The quantitative estimate of drug-likeness (QED) is 0.0561. The van der Waals surface area contributed by atoms with Crippen LogP contribution >= 0.6 is 59.4 Å². The number of aromatic nitrogens is 1. The maximum atomic E-state index is 9.93. The van der Waals surface area contributed by atoms with E-state index in [0.717, 1.165) is 73.1 Å². The Kier molecular flexibility index (Phi) is 10.0. The van der Waals surface area contributed by atoms with Crippen LogP contribution in [0.15, 0.2) is 60.0 Å². The van der Waals surface area contributed by atoms with Gasteiger partial charge in [-0.2, -0.15) is 0 Å². The second-order valence-corrected chi connectivity index (χ2v) is 11.8. The fourth-order valence-corrected chi connectivity index (χ4v) is 5.88. The van der Waals surface area contributed by atoms with Gasteiger partial charge in [-0.05, 0) is 83.9 Å². The summed E-state index contributed by atoms with van der Waals surface area (Å²) < 4.78 is 7.84. The summed E-state index contributed by atoms with van der Waals surface area (Å²) in [5.74, 6) is -0.138. The van der Waals surface area contributed by atoms with Crippen molar-refractivity contribution in [3.05, 3.63) is 80.2 Å². The number of H-pyrrole nitrogens is 1. The minimum atomic E-state index is -0.138. The molecule has 0 fully saturated rings. The SMILES string of the molecule is C=C(c1cc(Cl)c(O)c(Cl)c1)c1cc(N(CCCC)CCOCNc2ccc3sc(=S)[nH]c3c2)ccc1S. The molecule has 0 aliphatic heterocycles. The van der Waals surface area contributed by atoms with E-state index in [1.54, 1.807) is 23.5 Å². The van der Waals surface area contributed by atoms with Crippen molar-refractivity contribution in [1.82, 2.24) is 4.98 Å². The number of phenolic OH excluding ortho intramolecular Hbond substituents is 1. The van der Waals surface area contributed by atoms with Gasteiger partial charge in [0.15, 0.2) is 9.70 Å². The van der Waals surface area contributed by atoms with Gasteiger partial charge < -0.3 is 25.0 Å². The van der Waals surface area contributed by atoms with E-state index in [-0.39, 0.29) is 15.8 Å². The smallest absolute Gasteiger partial charge is 0.159 e. The van der Waals surface area contributed by atoms with Crippen LogP contribution in [0, 0.1) is 3.95 Å². The van der Waals surface area contributed by atoms with Gasteiger partial charge in [-0.1, -0.05) is 43.1 Å². The molecule has 3 N–H and O–H groups in total. The molecule has 38 heavy (non-hydrogen) atoms. The predicted molar refractivity (Wildman–Crippen MR) is 169 cm³/mol. The molecular formula is C28H29Cl2N3O2S3. The molecule has 0 saturated carbocycles. The van der Waals surface area contributed by atoms with Gasteiger partial charge >= 0.3 is 0 Å². The van der Waals surface area contributed by atoms with Crippen molar-refractivity contribution >= 4 is 86.5 Å². The third kappa shape index (κ3) is 7.05. The van der Waals surface area contributed by atoms with Crippen LogP contribution in [0.2, 0.25) is 10.0 Å². The number of unbranched alkanes of at least 4 members (excludes halogenated alkanes) is 1. The highest BCUT2D eigenvalue weighted by molar-refractivity contribution is 7.80. The van der Waals surface area contributed by atoms with Gasteiger partial charge in [-0.25, -0.2) is 0 Å². The molecule has 1 heterocycles. The zero-order chi connectivity index (χ0) is 27.2. The highest BCUT2D eigenvalue weighted by Crippen LogP contribution is 2.38. The van der Waals surface area contributed by atoms with Crippen LogP contribution in [-0.4, -0.2) is 36.5 Å². The van der Waals surface area contributed by atoms with Gasteiger partial charge in [0.2, 0.25) is 0 Å². The third-order valence-corrected chi connectivity index (χ3v) is 8.30. The van der Waals surface area contributed by atoms with E-state index in [0.29, 0.717) is 13.3 Å². The third-order valence-electron chi connectivity index (χ3n) is 6.12. The number of benzene rings is 3. The summed E-state index contributed by atoms with van der Waals surface area (Å²) in [5.41, 5.74) is 5.37. The van der Waals surface area contributed by atoms with E-state index >= 15 is 0 Å². The molecule has 200 valence electrons. The molecule has 0 atom stereocenters. The van der Waals surface area contributed by atoms with Crippen molar-refractivity contribution in [1.29, 1.82) is 0 Å². The molecule has 0 bridgehead atoms. The highest BCUT2D eigenvalue weighted by atomic mass is 35.5. The van der Waals surface area contributed by atoms with Crippen molar-refractivity contribution in [3.8, 4) is 5.75 Å². The zero-order valence-electron chi connectivity index (χ0n) is 20.9. The largest absolute Gasteiger partial charge is 0.505 e. The molecule has 10 heteroatoms. The van der Waals surface area contributed by atoms with Crippen molar-refractivity contribution in [2.45, 2.75) is 24.7 Å². The number of nitrogens with one attached hydrogen (secondary N) is 2. The number of halogens is 2. The van der Waals surface area contributed by atoms with Crippen molar-refractivity contribution < 1.29 is 9.84 Å². The van der Waals surface area contributed by atoms with Crippen LogP contribution in [0.1, 0.15) is 30.9 Å². The molecule has 4 aromatic rings. The first-order chi connectivity index (χ1) is 18.3. The molecular weight excluding hydrogens is 577 g/mol. The number of aromatic hydroxyl groups is 1. The Labute approximate surface area is 247 Å². The lowest BCUT2D eigenvalue weighted by Gasteiger charge is -2.26. The molecule has 4 rings (SSSR count). The number of aromatic amines is 1. The van der Waals surface area contributed by atoms with Crippen LogP contribution in [0.3, 0.4) is 0 Å². The van der Waals surface area contributed by atoms with Crippen LogP contribution in [0.25, 0.3) is 15.8 Å². The summed E-state index contributed by atoms with van der Waals surface area (Å²) >= 11 is 23.8. The molecule has 0 unspecified atom stereocenters. The normalized spacial score (nSPS) is 11.2. The molecule has 3 aromatic carbocycles. The average molecular weight is 607 g/mol. The summed E-state index contributed by atoms with van der Waals surface area (Å²) in [7, 11) is 0. The number of thiazole rings is 1. The summed E-state index contributed by atoms with van der Waals surface area (Å²) in [5, 5.41) is 13.6. The first-order valence-corrected chi connectivity index (χ1v) is 14.6. The molecule has 5 nitrogen and oxygen atoms in total. The number of phenols is 1. The van der Waals surface area contributed by atoms with E-state index in [9.17, 15) is 5.11 Å². The van der Waals surface area contributed by atoms with Gasteiger partial charge in [-0.3, -0.25) is 0 Å². The van der Waals surface area contributed by atoms with E-state index in [1.165, 1.54) is 0 Å². The summed E-state index contributed by atoms with van der Waals surface area (Å²) in [6, 6.07) is 15.5. The Morgan fingerprint density at radius 1 is 1.16 bits per heavy atom. The lowest BCUT2D eigenvalue weighted by Crippen LogP contribution is -2.29. The Morgan fingerprint density at radius 2 is 1.92 bits per heavy atom. The monoisotopic (exact) mass is 605 g/mol. The van der Waals surface area contributed by atoms with E-state index in [2.05, 4.69) is 59.5 Å². The van der Waals surface area contributed by atoms with E-state index in [1.807, 2.05) is 18.2 Å². The Hall–Kier alpha value is -2.20. The van der Waals surface area contributed by atoms with E-state index in [4.69, 9.17) is 40.2 Å². The summed E-state index contributed by atoms with van der Waals surface area (Å²) in [6.07, 6.45) is 2.14. The van der Waals surface area contributed by atoms with Crippen LogP contribution in [0.5, 0.6) is 5.75 Å². The topological polar surface area (TPSA) is 60.5 Å². The summed E-state index contributed by atoms with van der Waals surface area (Å²) in [4.78, 5) is 6.29. The van der Waals surface area contributed by atoms with Gasteiger partial charge in [0.1, 0.15) is 6.73 Å². The number of anilines is 2. The second-order valence-electron chi connectivity index (χ2n) is 8.76. The van der Waals surface area contributed by atoms with E-state index < -0.39 is 0 Å². The lowest BCUT2D eigenvalue weighted by molar-refractivity contribution is 0.158. The fourth-order valence-electron chi connectivity index (χ4n) is 4.02. The molecule has 0 spiro atoms. The number of nitrogens with zero attached hydrogens (tertiary/aromatic N) is 1. The lowest BCUT2D eigenvalue weighted by atomic mass is 9.98. The number of fused-ring (bicyclic) bond motifs is 1. The standard InChI is InChI=1S/C28H29Cl2N3O2S3/c1-3-4-9-33(10-11-35-16-31-19-5-8-26-24(14-19)32-28(37)38-26)20-6-7-25(36)21(15-20)17(2)18-12-22(29)27(34)23(30)13-18/h5-8,12-15,31,34,36H,2-4,9-11,16H2,1H3,(H,32,37). The Morgan fingerprint density at radius 3 is 2.66 bits per heavy atom. The van der Waals surface area contributed by atoms with Crippen molar-refractivity contribution in [3.63, 3.8) is 0 Å². The number of ether oxygens (including phenoxy) is 1. The van der Waals surface area contributed by atoms with Crippen LogP contribution < -0.4 is 10.2 Å². The number of thiol groups is 1. The van der Waals surface area contributed by atoms with Gasteiger partial charge in [-0.15, -0.1) is 24.0 Å². The predicted octanol–water partition coefficient (Wildman–Crippen LogP) is 9.01. The Bertz CT molecular complexity index is 1480. The number of hydrogen-bond donors (Lipinski definition) is 4. The zero-order valence-corrected chi connectivity index (χ0v) is 24.9. The fraction of sp³-hybridized carbons (Fsp3) is 0.250. The minimum absolute atomic E-state index is 0.138. The van der Waals surface area contributed by atoms with Crippen LogP contribution in [0.4, 0.5) is 11.4 Å². The molecule has 0 aliphatic carbocycles. The highest BCUT2D eigenvalue weighted by Gasteiger charge is 2.15. The Balaban J connectivity index is 1.42. The van der Waals surface area contributed by atoms with Gasteiger partial charge in [0.25, 0.3) is 0 Å². The minimum Gasteiger partial charge on any atom is -0.505 e. The van der Waals surface area contributed by atoms with Crippen LogP contribution in [-0.2, 0) is 4.74 Å². The maximum Gasteiger partial charge on any atom is 0.159 e. The summed E-state index contributed by atoms with van der Waals surface area (Å²) in [6.45, 7) is 9.02.